The number of rotatable bonds is 5. The van der Waals surface area contributed by atoms with E-state index in [9.17, 15) is 0 Å². The van der Waals surface area contributed by atoms with Gasteiger partial charge in [-0.2, -0.15) is 5.10 Å². The zero-order valence-electron chi connectivity index (χ0n) is 9.10. The monoisotopic (exact) mass is 197 g/mol. The highest BCUT2D eigenvalue weighted by Gasteiger charge is 2.11. The van der Waals surface area contributed by atoms with Crippen LogP contribution in [0.15, 0.2) is 12.3 Å². The maximum Gasteiger partial charge on any atom is 0.0760 e. The van der Waals surface area contributed by atoms with Crippen LogP contribution >= 0.6 is 0 Å². The Morgan fingerprint density at radius 3 is 2.79 bits per heavy atom. The summed E-state index contributed by atoms with van der Waals surface area (Å²) in [5.74, 6) is 5.95. The Morgan fingerprint density at radius 1 is 1.50 bits per heavy atom. The minimum atomic E-state index is 0.293. The zero-order valence-corrected chi connectivity index (χ0v) is 9.10. The van der Waals surface area contributed by atoms with E-state index in [2.05, 4.69) is 30.7 Å². The fraction of sp³-hybridized carbons (Fsp3) is 0.700. The summed E-state index contributed by atoms with van der Waals surface area (Å²) >= 11 is 0. The molecule has 1 heterocycles. The third-order valence-electron chi connectivity index (χ3n) is 2.14. The first-order valence-electron chi connectivity index (χ1n) is 4.98. The van der Waals surface area contributed by atoms with Crippen molar-refractivity contribution in [3.63, 3.8) is 0 Å². The topological polar surface area (TPSA) is 53.1 Å². The van der Waals surface area contributed by atoms with Crippen LogP contribution in [0.1, 0.15) is 32.4 Å². The second kappa shape index (κ2) is 5.12. The van der Waals surface area contributed by atoms with Crippen LogP contribution in [-0.2, 0) is 11.4 Å². The standard InChI is InChI=1S/C10H19N3O/c1-8(2)6-13-10(4-5-12-13)9(3)7-14-11/h4-5,8-9H,6-7,11H2,1-3H3. The predicted octanol–water partition coefficient (Wildman–Crippen LogP) is 1.53. The minimum Gasteiger partial charge on any atom is -0.304 e. The van der Waals surface area contributed by atoms with Gasteiger partial charge in [0.25, 0.3) is 0 Å². The van der Waals surface area contributed by atoms with Crippen LogP contribution in [0.3, 0.4) is 0 Å². The third kappa shape index (κ3) is 2.82. The Morgan fingerprint density at radius 2 is 2.21 bits per heavy atom. The zero-order chi connectivity index (χ0) is 10.6. The third-order valence-corrected chi connectivity index (χ3v) is 2.14. The summed E-state index contributed by atoms with van der Waals surface area (Å²) in [6, 6.07) is 2.02. The molecule has 80 valence electrons. The van der Waals surface area contributed by atoms with Crippen molar-refractivity contribution in [3.05, 3.63) is 18.0 Å². The molecule has 0 spiro atoms. The quantitative estimate of drug-likeness (QED) is 0.728. The van der Waals surface area contributed by atoms with Crippen LogP contribution < -0.4 is 5.90 Å². The van der Waals surface area contributed by atoms with Gasteiger partial charge in [-0.3, -0.25) is 4.68 Å². The van der Waals surface area contributed by atoms with Gasteiger partial charge in [-0.05, 0) is 12.0 Å². The Hall–Kier alpha value is -0.870. The predicted molar refractivity (Wildman–Crippen MR) is 55.6 cm³/mol. The van der Waals surface area contributed by atoms with E-state index in [1.54, 1.807) is 0 Å². The van der Waals surface area contributed by atoms with Gasteiger partial charge < -0.3 is 4.84 Å². The number of hydrogen-bond donors (Lipinski definition) is 1. The van der Waals surface area contributed by atoms with E-state index >= 15 is 0 Å². The van der Waals surface area contributed by atoms with Crippen molar-refractivity contribution >= 4 is 0 Å². The van der Waals surface area contributed by atoms with Gasteiger partial charge in [-0.15, -0.1) is 0 Å². The molecule has 0 bridgehead atoms. The fourth-order valence-electron chi connectivity index (χ4n) is 1.49. The second-order valence-electron chi connectivity index (χ2n) is 4.07. The molecular weight excluding hydrogens is 178 g/mol. The molecular formula is C10H19N3O. The van der Waals surface area contributed by atoms with Gasteiger partial charge in [0.05, 0.1) is 6.61 Å². The highest BCUT2D eigenvalue weighted by Crippen LogP contribution is 2.15. The second-order valence-corrected chi connectivity index (χ2v) is 4.07. The normalized spacial score (nSPS) is 13.5. The minimum absolute atomic E-state index is 0.293. The van der Waals surface area contributed by atoms with Crippen molar-refractivity contribution in [1.82, 2.24) is 9.78 Å². The van der Waals surface area contributed by atoms with Gasteiger partial charge in [0.1, 0.15) is 0 Å². The van der Waals surface area contributed by atoms with Gasteiger partial charge in [0, 0.05) is 24.4 Å². The first-order valence-corrected chi connectivity index (χ1v) is 4.98. The summed E-state index contributed by atoms with van der Waals surface area (Å²) in [5, 5.41) is 4.28. The van der Waals surface area contributed by atoms with Crippen LogP contribution in [0.2, 0.25) is 0 Å². The van der Waals surface area contributed by atoms with Gasteiger partial charge in [-0.1, -0.05) is 20.8 Å². The molecule has 1 aromatic heterocycles. The summed E-state index contributed by atoms with van der Waals surface area (Å²) < 4.78 is 2.02. The first-order chi connectivity index (χ1) is 6.65. The first kappa shape index (κ1) is 11.2. The number of nitrogens with two attached hydrogens (primary N) is 1. The molecule has 1 unspecified atom stereocenters. The maximum atomic E-state index is 5.06. The smallest absolute Gasteiger partial charge is 0.0760 e. The van der Waals surface area contributed by atoms with Crippen molar-refractivity contribution in [2.75, 3.05) is 6.61 Å². The van der Waals surface area contributed by atoms with Crippen molar-refractivity contribution < 1.29 is 4.84 Å². The van der Waals surface area contributed by atoms with E-state index in [4.69, 9.17) is 5.90 Å². The molecule has 0 saturated carbocycles. The fourth-order valence-corrected chi connectivity index (χ4v) is 1.49. The molecule has 0 aliphatic rings. The van der Waals surface area contributed by atoms with Gasteiger partial charge >= 0.3 is 0 Å². The molecule has 0 saturated heterocycles. The molecule has 0 fully saturated rings. The molecule has 4 nitrogen and oxygen atoms in total. The lowest BCUT2D eigenvalue weighted by molar-refractivity contribution is 0.124. The lowest BCUT2D eigenvalue weighted by Gasteiger charge is -2.14. The molecule has 0 radical (unpaired) electrons. The van der Waals surface area contributed by atoms with Crippen LogP contribution in [0.5, 0.6) is 0 Å². The highest BCUT2D eigenvalue weighted by molar-refractivity contribution is 5.06. The Balaban J connectivity index is 2.70. The molecule has 1 rings (SSSR count). The Kier molecular flexibility index (Phi) is 4.10. The summed E-state index contributed by atoms with van der Waals surface area (Å²) in [5.41, 5.74) is 1.18. The van der Waals surface area contributed by atoms with E-state index in [-0.39, 0.29) is 0 Å². The summed E-state index contributed by atoms with van der Waals surface area (Å²) in [6.07, 6.45) is 1.82. The molecule has 0 aliphatic carbocycles. The van der Waals surface area contributed by atoms with Crippen molar-refractivity contribution in [1.29, 1.82) is 0 Å². The van der Waals surface area contributed by atoms with Gasteiger partial charge in [0.15, 0.2) is 0 Å². The van der Waals surface area contributed by atoms with Crippen molar-refractivity contribution in [2.24, 2.45) is 11.8 Å². The Bertz CT molecular complexity index is 270. The summed E-state index contributed by atoms with van der Waals surface area (Å²) in [4.78, 5) is 4.65. The lowest BCUT2D eigenvalue weighted by atomic mass is 10.1. The molecule has 2 N–H and O–H groups in total. The van der Waals surface area contributed by atoms with Gasteiger partial charge in [0.2, 0.25) is 0 Å². The molecule has 14 heavy (non-hydrogen) atoms. The summed E-state index contributed by atoms with van der Waals surface area (Å²) in [6.45, 7) is 7.91. The van der Waals surface area contributed by atoms with E-state index in [1.807, 2.05) is 16.9 Å². The molecule has 0 aliphatic heterocycles. The van der Waals surface area contributed by atoms with Crippen LogP contribution in [0.25, 0.3) is 0 Å². The lowest BCUT2D eigenvalue weighted by Crippen LogP contribution is -2.15. The molecule has 4 heteroatoms. The van der Waals surface area contributed by atoms with E-state index in [1.165, 1.54) is 5.69 Å². The Labute approximate surface area is 85.0 Å². The average molecular weight is 197 g/mol. The molecule has 0 aromatic carbocycles. The SMILES string of the molecule is CC(C)Cn1nccc1C(C)CON. The van der Waals surface area contributed by atoms with Crippen molar-refractivity contribution in [3.8, 4) is 0 Å². The van der Waals surface area contributed by atoms with Crippen LogP contribution in [0, 0.1) is 5.92 Å². The highest BCUT2D eigenvalue weighted by atomic mass is 16.6. The van der Waals surface area contributed by atoms with E-state index in [0.29, 0.717) is 18.4 Å². The van der Waals surface area contributed by atoms with Crippen LogP contribution in [0.4, 0.5) is 0 Å². The van der Waals surface area contributed by atoms with E-state index < -0.39 is 0 Å². The van der Waals surface area contributed by atoms with E-state index in [0.717, 1.165) is 6.54 Å². The molecule has 1 atom stereocenters. The molecule has 1 aromatic rings. The number of aromatic nitrogens is 2. The maximum absolute atomic E-state index is 5.06. The summed E-state index contributed by atoms with van der Waals surface area (Å²) in [7, 11) is 0. The molecule has 0 amide bonds. The number of hydrogen-bond acceptors (Lipinski definition) is 3. The van der Waals surface area contributed by atoms with Crippen LogP contribution in [-0.4, -0.2) is 16.4 Å². The van der Waals surface area contributed by atoms with Crippen molar-refractivity contribution in [2.45, 2.75) is 33.2 Å². The average Bonchev–Trinajstić information content (AvgIpc) is 2.51. The largest absolute Gasteiger partial charge is 0.304 e. The number of nitrogens with zero attached hydrogens (tertiary/aromatic N) is 2. The van der Waals surface area contributed by atoms with Gasteiger partial charge in [-0.25, -0.2) is 5.90 Å².